The summed E-state index contributed by atoms with van der Waals surface area (Å²) in [6.45, 7) is 0. The first-order valence-electron chi connectivity index (χ1n) is 5.87. The maximum Gasteiger partial charge on any atom is 0.251 e. The fourth-order valence-electron chi connectivity index (χ4n) is 2.19. The number of hydrogen-bond donors (Lipinski definition) is 2. The Kier molecular flexibility index (Phi) is 3.59. The smallest absolute Gasteiger partial charge is 0.251 e. The first-order chi connectivity index (χ1) is 8.20. The summed E-state index contributed by atoms with van der Waals surface area (Å²) in [5.74, 6) is 0.286. The van der Waals surface area contributed by atoms with Crippen LogP contribution in [0.15, 0.2) is 36.4 Å². The van der Waals surface area contributed by atoms with Crippen LogP contribution in [-0.2, 0) is 0 Å². The van der Waals surface area contributed by atoms with Gasteiger partial charge in [0.1, 0.15) is 0 Å². The lowest BCUT2D eigenvalue weighted by Gasteiger charge is -2.21. The first kappa shape index (κ1) is 11.9. The van der Waals surface area contributed by atoms with Crippen LogP contribution in [-0.4, -0.2) is 24.2 Å². The van der Waals surface area contributed by atoms with E-state index in [2.05, 4.69) is 5.32 Å². The second kappa shape index (κ2) is 5.15. The molecular formula is C14H17NO2. The van der Waals surface area contributed by atoms with E-state index in [-0.39, 0.29) is 12.0 Å². The molecule has 3 heteroatoms. The molecule has 0 bridgehead atoms. The third kappa shape index (κ3) is 2.74. The number of carbonyl (C=O) groups excluding carboxylic acids is 1. The molecule has 1 aromatic carbocycles. The molecular weight excluding hydrogens is 214 g/mol. The Morgan fingerprint density at radius 2 is 2.06 bits per heavy atom. The molecule has 2 atom stereocenters. The molecule has 0 fully saturated rings. The quantitative estimate of drug-likeness (QED) is 0.763. The third-order valence-corrected chi connectivity index (χ3v) is 3.18. The molecule has 1 aliphatic rings. The molecule has 17 heavy (non-hydrogen) atoms. The van der Waals surface area contributed by atoms with Crippen molar-refractivity contribution < 1.29 is 9.90 Å². The van der Waals surface area contributed by atoms with Crippen LogP contribution >= 0.6 is 0 Å². The molecule has 1 aromatic rings. The van der Waals surface area contributed by atoms with Gasteiger partial charge in [-0.3, -0.25) is 4.79 Å². The van der Waals surface area contributed by atoms with E-state index in [1.807, 2.05) is 36.4 Å². The van der Waals surface area contributed by atoms with Gasteiger partial charge in [0.05, 0.1) is 6.10 Å². The molecule has 0 radical (unpaired) electrons. The monoisotopic (exact) mass is 231 g/mol. The molecule has 0 saturated carbocycles. The highest BCUT2D eigenvalue weighted by molar-refractivity contribution is 5.93. The van der Waals surface area contributed by atoms with Gasteiger partial charge in [0.2, 0.25) is 0 Å². The SMILES string of the molecule is CNC(=O)c1ccc([C@@H]2CC=C[C@H](O)C2)cc1. The summed E-state index contributed by atoms with van der Waals surface area (Å²) in [5, 5.41) is 12.2. The molecule has 3 nitrogen and oxygen atoms in total. The Labute approximate surface area is 101 Å². The van der Waals surface area contributed by atoms with Gasteiger partial charge < -0.3 is 10.4 Å². The number of hydrogen-bond acceptors (Lipinski definition) is 2. The van der Waals surface area contributed by atoms with Crippen LogP contribution in [0.2, 0.25) is 0 Å². The van der Waals surface area contributed by atoms with Gasteiger partial charge in [-0.25, -0.2) is 0 Å². The first-order valence-corrected chi connectivity index (χ1v) is 5.87. The zero-order valence-electron chi connectivity index (χ0n) is 9.89. The number of nitrogens with one attached hydrogen (secondary N) is 1. The maximum atomic E-state index is 11.4. The van der Waals surface area contributed by atoms with Crippen LogP contribution < -0.4 is 5.32 Å². The maximum absolute atomic E-state index is 11.4. The second-order valence-electron chi connectivity index (χ2n) is 4.36. The zero-order chi connectivity index (χ0) is 12.3. The molecule has 2 N–H and O–H groups in total. The predicted octanol–water partition coefficient (Wildman–Crippen LogP) is 1.84. The van der Waals surface area contributed by atoms with Gasteiger partial charge in [0.15, 0.2) is 0 Å². The molecule has 0 saturated heterocycles. The fourth-order valence-corrected chi connectivity index (χ4v) is 2.19. The highest BCUT2D eigenvalue weighted by atomic mass is 16.3. The van der Waals surface area contributed by atoms with Crippen molar-refractivity contribution in [2.45, 2.75) is 24.9 Å². The number of rotatable bonds is 2. The van der Waals surface area contributed by atoms with Crippen LogP contribution in [0, 0.1) is 0 Å². The van der Waals surface area contributed by atoms with Gasteiger partial charge in [-0.15, -0.1) is 0 Å². The topological polar surface area (TPSA) is 49.3 Å². The Balaban J connectivity index is 2.13. The minimum Gasteiger partial charge on any atom is -0.389 e. The number of allylic oxidation sites excluding steroid dienone is 1. The molecule has 1 amide bonds. The lowest BCUT2D eigenvalue weighted by atomic mass is 9.86. The van der Waals surface area contributed by atoms with Crippen LogP contribution in [0.4, 0.5) is 0 Å². The van der Waals surface area contributed by atoms with Crippen molar-refractivity contribution in [3.63, 3.8) is 0 Å². The van der Waals surface area contributed by atoms with Gasteiger partial charge in [-0.05, 0) is 36.5 Å². The van der Waals surface area contributed by atoms with Crippen molar-refractivity contribution in [3.05, 3.63) is 47.5 Å². The minimum atomic E-state index is -0.340. The van der Waals surface area contributed by atoms with E-state index >= 15 is 0 Å². The van der Waals surface area contributed by atoms with Crippen molar-refractivity contribution >= 4 is 5.91 Å². The van der Waals surface area contributed by atoms with E-state index in [1.54, 1.807) is 7.05 Å². The standard InChI is InChI=1S/C14H17NO2/c1-15-14(17)11-7-5-10(6-8-11)12-3-2-4-13(16)9-12/h2,4-8,12-13,16H,3,9H2,1H3,(H,15,17)/t12-,13+/m1/s1. The van der Waals surface area contributed by atoms with Gasteiger partial charge in [0.25, 0.3) is 5.91 Å². The lowest BCUT2D eigenvalue weighted by Crippen LogP contribution is -2.18. The summed E-state index contributed by atoms with van der Waals surface area (Å²) >= 11 is 0. The van der Waals surface area contributed by atoms with Crippen LogP contribution in [0.5, 0.6) is 0 Å². The molecule has 90 valence electrons. The fraction of sp³-hybridized carbons (Fsp3) is 0.357. The summed E-state index contributed by atoms with van der Waals surface area (Å²) in [6, 6.07) is 7.61. The molecule has 2 rings (SSSR count). The molecule has 0 spiro atoms. The summed E-state index contributed by atoms with van der Waals surface area (Å²) in [7, 11) is 1.62. The highest BCUT2D eigenvalue weighted by Gasteiger charge is 2.17. The van der Waals surface area contributed by atoms with E-state index in [4.69, 9.17) is 0 Å². The number of aliphatic hydroxyl groups is 1. The van der Waals surface area contributed by atoms with Gasteiger partial charge in [-0.2, -0.15) is 0 Å². The van der Waals surface area contributed by atoms with Crippen LogP contribution in [0.3, 0.4) is 0 Å². The predicted molar refractivity (Wildman–Crippen MR) is 67.0 cm³/mol. The van der Waals surface area contributed by atoms with Crippen molar-refractivity contribution in [2.75, 3.05) is 7.05 Å². The van der Waals surface area contributed by atoms with Gasteiger partial charge in [0, 0.05) is 12.6 Å². The summed E-state index contributed by atoms with van der Waals surface area (Å²) in [5.41, 5.74) is 1.85. The van der Waals surface area contributed by atoms with Gasteiger partial charge in [-0.1, -0.05) is 24.3 Å². The second-order valence-corrected chi connectivity index (χ2v) is 4.36. The van der Waals surface area contributed by atoms with E-state index in [0.717, 1.165) is 12.8 Å². The Morgan fingerprint density at radius 1 is 1.35 bits per heavy atom. The van der Waals surface area contributed by atoms with E-state index in [0.29, 0.717) is 11.5 Å². The number of aliphatic hydroxyl groups excluding tert-OH is 1. The summed E-state index contributed by atoms with van der Waals surface area (Å²) in [6.07, 6.45) is 5.24. The van der Waals surface area contributed by atoms with Crippen molar-refractivity contribution in [2.24, 2.45) is 0 Å². The molecule has 0 aliphatic heterocycles. The largest absolute Gasteiger partial charge is 0.389 e. The summed E-state index contributed by atoms with van der Waals surface area (Å²) < 4.78 is 0. The zero-order valence-corrected chi connectivity index (χ0v) is 9.89. The Hall–Kier alpha value is -1.61. The number of carbonyl (C=O) groups is 1. The van der Waals surface area contributed by atoms with E-state index in [9.17, 15) is 9.90 Å². The normalized spacial score (nSPS) is 23.4. The number of amides is 1. The van der Waals surface area contributed by atoms with Gasteiger partial charge >= 0.3 is 0 Å². The van der Waals surface area contributed by atoms with Crippen molar-refractivity contribution in [1.29, 1.82) is 0 Å². The number of benzene rings is 1. The average molecular weight is 231 g/mol. The third-order valence-electron chi connectivity index (χ3n) is 3.18. The minimum absolute atomic E-state index is 0.0693. The van der Waals surface area contributed by atoms with Crippen LogP contribution in [0.25, 0.3) is 0 Å². The molecule has 1 aliphatic carbocycles. The highest BCUT2D eigenvalue weighted by Crippen LogP contribution is 2.29. The van der Waals surface area contributed by atoms with E-state index < -0.39 is 0 Å². The summed E-state index contributed by atoms with van der Waals surface area (Å²) in [4.78, 5) is 11.4. The Bertz CT molecular complexity index is 422. The average Bonchev–Trinajstić information content (AvgIpc) is 2.38. The molecule has 0 heterocycles. The van der Waals surface area contributed by atoms with Crippen molar-refractivity contribution in [3.8, 4) is 0 Å². The van der Waals surface area contributed by atoms with Crippen molar-refractivity contribution in [1.82, 2.24) is 5.32 Å². The lowest BCUT2D eigenvalue weighted by molar-refractivity contribution is 0.0963. The van der Waals surface area contributed by atoms with E-state index in [1.165, 1.54) is 5.56 Å². The Morgan fingerprint density at radius 3 is 2.65 bits per heavy atom. The molecule has 0 unspecified atom stereocenters. The van der Waals surface area contributed by atoms with Crippen LogP contribution in [0.1, 0.15) is 34.7 Å². The molecule has 0 aromatic heterocycles.